The number of para-hydroxylation sites is 1. The number of nitrogens with one attached hydrogen (secondary N) is 1. The summed E-state index contributed by atoms with van der Waals surface area (Å²) in [5, 5.41) is 4.15. The summed E-state index contributed by atoms with van der Waals surface area (Å²) in [7, 11) is -2.49. The summed E-state index contributed by atoms with van der Waals surface area (Å²) in [6, 6.07) is 8.05. The summed E-state index contributed by atoms with van der Waals surface area (Å²) < 4.78 is 37.5. The van der Waals surface area contributed by atoms with Crippen LogP contribution in [-0.4, -0.2) is 57.6 Å². The number of carbonyl (C=O) groups is 2. The maximum atomic E-state index is 12.9. The Hall–Kier alpha value is -2.47. The number of morpholine rings is 1. The Kier molecular flexibility index (Phi) is 5.98. The molecule has 1 aliphatic rings. The van der Waals surface area contributed by atoms with Crippen LogP contribution in [-0.2, 0) is 14.8 Å². The number of methoxy groups -OCH3 is 1. The maximum absolute atomic E-state index is 12.9. The Morgan fingerprint density at radius 3 is 2.75 bits per heavy atom. The predicted molar refractivity (Wildman–Crippen MR) is 102 cm³/mol. The van der Waals surface area contributed by atoms with Gasteiger partial charge in [0, 0.05) is 6.54 Å². The van der Waals surface area contributed by atoms with Crippen LogP contribution in [0.25, 0.3) is 0 Å². The van der Waals surface area contributed by atoms with Crippen LogP contribution in [0.2, 0.25) is 0 Å². The first kappa shape index (κ1) is 20.3. The van der Waals surface area contributed by atoms with Crippen LogP contribution in [0.5, 0.6) is 5.75 Å². The van der Waals surface area contributed by atoms with Gasteiger partial charge in [-0.2, -0.15) is 4.31 Å². The molecule has 11 heteroatoms. The molecule has 0 bridgehead atoms. The topological polar surface area (TPSA) is 128 Å². The van der Waals surface area contributed by atoms with E-state index >= 15 is 0 Å². The number of rotatable bonds is 6. The second-order valence-electron chi connectivity index (χ2n) is 5.88. The fourth-order valence-electron chi connectivity index (χ4n) is 2.78. The van der Waals surface area contributed by atoms with Gasteiger partial charge in [-0.1, -0.05) is 12.1 Å². The molecule has 1 fully saturated rings. The monoisotopic (exact) mass is 425 g/mol. The highest BCUT2D eigenvalue weighted by Crippen LogP contribution is 2.27. The minimum atomic E-state index is -3.95. The molecule has 150 valence electrons. The molecule has 1 unspecified atom stereocenters. The van der Waals surface area contributed by atoms with E-state index in [9.17, 15) is 18.0 Å². The molecule has 3 N–H and O–H groups in total. The van der Waals surface area contributed by atoms with Gasteiger partial charge < -0.3 is 20.5 Å². The van der Waals surface area contributed by atoms with E-state index in [-0.39, 0.29) is 29.5 Å². The lowest BCUT2D eigenvalue weighted by Gasteiger charge is -2.32. The van der Waals surface area contributed by atoms with Crippen molar-refractivity contribution in [3.05, 3.63) is 46.8 Å². The van der Waals surface area contributed by atoms with Crippen molar-refractivity contribution in [2.24, 2.45) is 5.73 Å². The average Bonchev–Trinajstić information content (AvgIpc) is 3.19. The summed E-state index contributed by atoms with van der Waals surface area (Å²) in [6.07, 6.45) is -0.849. The standard InChI is InChI=1S/C17H19N3O6S2/c1-25-13-5-3-2-4-11(13)16(22)19-14-10-20(7-8-26-14)28(23,24)17-12(15(18)21)6-9-27-17/h2-6,9,14H,7-8,10H2,1H3,(H2,18,21)(H,19,22). The highest BCUT2D eigenvalue weighted by Gasteiger charge is 2.34. The molecule has 0 aliphatic carbocycles. The van der Waals surface area contributed by atoms with Gasteiger partial charge in [-0.25, -0.2) is 8.42 Å². The van der Waals surface area contributed by atoms with Gasteiger partial charge in [0.15, 0.2) is 0 Å². The van der Waals surface area contributed by atoms with Gasteiger partial charge in [0.25, 0.3) is 21.8 Å². The predicted octanol–water partition coefficient (Wildman–Crippen LogP) is 0.633. The molecule has 2 heterocycles. The Morgan fingerprint density at radius 1 is 1.29 bits per heavy atom. The van der Waals surface area contributed by atoms with Gasteiger partial charge in [-0.05, 0) is 23.6 Å². The molecular formula is C17H19N3O6S2. The lowest BCUT2D eigenvalue weighted by atomic mass is 10.2. The van der Waals surface area contributed by atoms with Crippen molar-refractivity contribution in [3.8, 4) is 5.75 Å². The second-order valence-corrected chi connectivity index (χ2v) is 8.93. The molecule has 2 aromatic rings. The van der Waals surface area contributed by atoms with Gasteiger partial charge >= 0.3 is 0 Å². The van der Waals surface area contributed by atoms with Crippen molar-refractivity contribution in [1.29, 1.82) is 0 Å². The van der Waals surface area contributed by atoms with Gasteiger partial charge in [0.1, 0.15) is 16.2 Å². The molecule has 0 radical (unpaired) electrons. The van der Waals surface area contributed by atoms with Crippen molar-refractivity contribution in [2.75, 3.05) is 26.8 Å². The van der Waals surface area contributed by atoms with E-state index in [1.807, 2.05) is 0 Å². The van der Waals surface area contributed by atoms with Crippen molar-refractivity contribution in [3.63, 3.8) is 0 Å². The lowest BCUT2D eigenvalue weighted by molar-refractivity contribution is -0.0172. The van der Waals surface area contributed by atoms with Crippen LogP contribution < -0.4 is 15.8 Å². The summed E-state index contributed by atoms with van der Waals surface area (Å²) in [5.41, 5.74) is 5.52. The fraction of sp³-hybridized carbons (Fsp3) is 0.294. The quantitative estimate of drug-likeness (QED) is 0.699. The SMILES string of the molecule is COc1ccccc1C(=O)NC1CN(S(=O)(=O)c2sccc2C(N)=O)CCO1. The Balaban J connectivity index is 1.76. The zero-order valence-electron chi connectivity index (χ0n) is 15.0. The van der Waals surface area contributed by atoms with Crippen molar-refractivity contribution >= 4 is 33.2 Å². The first-order valence-electron chi connectivity index (χ1n) is 8.27. The van der Waals surface area contributed by atoms with E-state index in [1.165, 1.54) is 22.9 Å². The molecule has 0 spiro atoms. The third-order valence-electron chi connectivity index (χ3n) is 4.14. The molecule has 3 rings (SSSR count). The summed E-state index contributed by atoms with van der Waals surface area (Å²) in [4.78, 5) is 24.0. The Labute approximate surface area is 166 Å². The molecule has 1 aliphatic heterocycles. The normalized spacial score (nSPS) is 17.8. The number of primary amides is 1. The van der Waals surface area contributed by atoms with E-state index in [2.05, 4.69) is 5.32 Å². The fourth-order valence-corrected chi connectivity index (χ4v) is 5.70. The largest absolute Gasteiger partial charge is 0.496 e. The lowest BCUT2D eigenvalue weighted by Crippen LogP contribution is -2.52. The van der Waals surface area contributed by atoms with E-state index < -0.39 is 28.1 Å². The highest BCUT2D eigenvalue weighted by atomic mass is 32.2. The highest BCUT2D eigenvalue weighted by molar-refractivity contribution is 7.91. The number of thiophene rings is 1. The summed E-state index contributed by atoms with van der Waals surface area (Å²) in [5.74, 6) is -0.866. The maximum Gasteiger partial charge on any atom is 0.257 e. The molecule has 1 aromatic heterocycles. The minimum Gasteiger partial charge on any atom is -0.496 e. The van der Waals surface area contributed by atoms with Gasteiger partial charge in [-0.15, -0.1) is 11.3 Å². The third-order valence-corrected chi connectivity index (χ3v) is 7.47. The zero-order chi connectivity index (χ0) is 20.3. The third kappa shape index (κ3) is 4.02. The van der Waals surface area contributed by atoms with Crippen LogP contribution in [0.15, 0.2) is 39.9 Å². The molecule has 1 atom stereocenters. The van der Waals surface area contributed by atoms with Gasteiger partial charge in [0.2, 0.25) is 0 Å². The number of nitrogens with two attached hydrogens (primary N) is 1. The van der Waals surface area contributed by atoms with Crippen LogP contribution in [0, 0.1) is 0 Å². The summed E-state index contributed by atoms with van der Waals surface area (Å²) in [6.45, 7) is 0.0895. The van der Waals surface area contributed by atoms with Crippen LogP contribution in [0.3, 0.4) is 0 Å². The molecule has 1 aromatic carbocycles. The van der Waals surface area contributed by atoms with E-state index in [0.717, 1.165) is 11.3 Å². The molecule has 2 amide bonds. The number of hydrogen-bond acceptors (Lipinski definition) is 7. The molecule has 1 saturated heterocycles. The van der Waals surface area contributed by atoms with Crippen molar-refractivity contribution < 1.29 is 27.5 Å². The van der Waals surface area contributed by atoms with Gasteiger partial charge in [0.05, 0.1) is 31.4 Å². The van der Waals surface area contributed by atoms with Gasteiger partial charge in [-0.3, -0.25) is 9.59 Å². The number of amides is 2. The van der Waals surface area contributed by atoms with Crippen LogP contribution in [0.1, 0.15) is 20.7 Å². The van der Waals surface area contributed by atoms with Crippen molar-refractivity contribution in [2.45, 2.75) is 10.4 Å². The van der Waals surface area contributed by atoms with Crippen molar-refractivity contribution in [1.82, 2.24) is 9.62 Å². The second kappa shape index (κ2) is 8.27. The molecule has 9 nitrogen and oxygen atoms in total. The number of benzene rings is 1. The van der Waals surface area contributed by atoms with E-state index in [4.69, 9.17) is 15.2 Å². The summed E-state index contributed by atoms with van der Waals surface area (Å²) >= 11 is 0.920. The van der Waals surface area contributed by atoms with E-state index in [0.29, 0.717) is 11.3 Å². The van der Waals surface area contributed by atoms with Crippen LogP contribution >= 0.6 is 11.3 Å². The Morgan fingerprint density at radius 2 is 2.04 bits per heavy atom. The van der Waals surface area contributed by atoms with Crippen LogP contribution in [0.4, 0.5) is 0 Å². The molecular weight excluding hydrogens is 406 g/mol. The number of hydrogen-bond donors (Lipinski definition) is 2. The zero-order valence-corrected chi connectivity index (χ0v) is 16.6. The Bertz CT molecular complexity index is 988. The number of sulfonamides is 1. The minimum absolute atomic E-state index is 0.0499. The first-order valence-corrected chi connectivity index (χ1v) is 10.6. The number of ether oxygens (including phenoxy) is 2. The number of nitrogens with zero attached hydrogens (tertiary/aromatic N) is 1. The first-order chi connectivity index (χ1) is 13.3. The smallest absolute Gasteiger partial charge is 0.257 e. The number of carbonyl (C=O) groups excluding carboxylic acids is 2. The van der Waals surface area contributed by atoms with E-state index in [1.54, 1.807) is 24.3 Å². The average molecular weight is 425 g/mol. The molecule has 0 saturated carbocycles. The molecule has 28 heavy (non-hydrogen) atoms.